The van der Waals surface area contributed by atoms with E-state index in [-0.39, 0.29) is 29.3 Å². The van der Waals surface area contributed by atoms with Crippen LogP contribution in [0.25, 0.3) is 0 Å². The maximum absolute atomic E-state index is 13.2. The summed E-state index contributed by atoms with van der Waals surface area (Å²) in [4.78, 5) is 12.3. The minimum Gasteiger partial charge on any atom is -0.384 e. The molecule has 0 aliphatic carbocycles. The first-order chi connectivity index (χ1) is 10.3. The Labute approximate surface area is 125 Å². The van der Waals surface area contributed by atoms with E-state index in [1.54, 1.807) is 6.07 Å². The van der Waals surface area contributed by atoms with Crippen molar-refractivity contribution in [2.45, 2.75) is 18.3 Å². The molecule has 120 valence electrons. The second-order valence-corrected chi connectivity index (χ2v) is 4.75. The van der Waals surface area contributed by atoms with Gasteiger partial charge in [0.25, 0.3) is 11.6 Å². The third-order valence-electron chi connectivity index (χ3n) is 3.19. The summed E-state index contributed by atoms with van der Waals surface area (Å²) in [5.74, 6) is -0.982. The number of hydrogen-bond acceptors (Lipinski definition) is 4. The van der Waals surface area contributed by atoms with Crippen molar-refractivity contribution in [1.29, 1.82) is 0 Å². The highest BCUT2D eigenvalue weighted by Gasteiger charge is 2.61. The number of amides is 1. The molecule has 1 atom stereocenters. The molecule has 2 N–H and O–H groups in total. The van der Waals surface area contributed by atoms with Crippen LogP contribution in [0.1, 0.15) is 16.8 Å². The van der Waals surface area contributed by atoms with Crippen molar-refractivity contribution in [1.82, 2.24) is 10.4 Å². The summed E-state index contributed by atoms with van der Waals surface area (Å²) in [6, 6.07) is 7.42. The molecule has 0 spiro atoms. The molecule has 5 nitrogen and oxygen atoms in total. The number of methoxy groups -OCH3 is 1. The van der Waals surface area contributed by atoms with Crippen molar-refractivity contribution in [3.05, 3.63) is 47.7 Å². The lowest BCUT2D eigenvalue weighted by Crippen LogP contribution is -2.60. The number of benzene rings is 1. The van der Waals surface area contributed by atoms with E-state index in [4.69, 9.17) is 4.74 Å². The third kappa shape index (κ3) is 2.93. The lowest BCUT2D eigenvalue weighted by molar-refractivity contribution is -0.283. The number of ether oxygens (including phenoxy) is 1. The number of carbonyl (C=O) groups excluding carboxylic acids is 1. The van der Waals surface area contributed by atoms with Gasteiger partial charge in [-0.2, -0.15) is 13.2 Å². The summed E-state index contributed by atoms with van der Waals surface area (Å²) in [7, 11) is 1.40. The van der Waals surface area contributed by atoms with Crippen LogP contribution in [0, 0.1) is 0 Å². The fourth-order valence-electron chi connectivity index (χ4n) is 2.03. The van der Waals surface area contributed by atoms with Gasteiger partial charge in [0, 0.05) is 24.8 Å². The molecule has 1 amide bonds. The molecule has 0 radical (unpaired) electrons. The Kier molecular flexibility index (Phi) is 4.43. The molecule has 0 fully saturated rings. The zero-order chi connectivity index (χ0) is 16.4. The number of hydrogen-bond donors (Lipinski definition) is 2. The summed E-state index contributed by atoms with van der Waals surface area (Å²) < 4.78 is 44.4. The van der Waals surface area contributed by atoms with Crippen molar-refractivity contribution < 1.29 is 27.8 Å². The van der Waals surface area contributed by atoms with Gasteiger partial charge in [0.05, 0.1) is 6.61 Å². The minimum atomic E-state index is -5.04. The Morgan fingerprint density at radius 1 is 1.36 bits per heavy atom. The number of carbonyl (C=O) groups is 1. The number of alkyl halides is 3. The SMILES string of the molecule is COCCC1=C[C@@](O)(C(F)(F)F)N(C(=O)c2ccccc2)N1. The fourth-order valence-corrected chi connectivity index (χ4v) is 2.03. The molecule has 22 heavy (non-hydrogen) atoms. The molecule has 0 saturated carbocycles. The van der Waals surface area contributed by atoms with Crippen LogP contribution in [0.4, 0.5) is 13.2 Å². The number of halogens is 3. The van der Waals surface area contributed by atoms with Gasteiger partial charge in [-0.25, -0.2) is 5.01 Å². The van der Waals surface area contributed by atoms with Crippen LogP contribution in [0.2, 0.25) is 0 Å². The summed E-state index contributed by atoms with van der Waals surface area (Å²) in [6.45, 7) is 0.153. The fraction of sp³-hybridized carbons (Fsp3) is 0.357. The van der Waals surface area contributed by atoms with E-state index in [1.165, 1.54) is 31.4 Å². The second kappa shape index (κ2) is 5.98. The van der Waals surface area contributed by atoms with Crippen LogP contribution in [0.5, 0.6) is 0 Å². The van der Waals surface area contributed by atoms with E-state index >= 15 is 0 Å². The van der Waals surface area contributed by atoms with Crippen LogP contribution in [0.3, 0.4) is 0 Å². The van der Waals surface area contributed by atoms with Gasteiger partial charge >= 0.3 is 6.18 Å². The Hall–Kier alpha value is -2.06. The summed E-state index contributed by atoms with van der Waals surface area (Å²) in [5, 5.41) is 10.2. The first-order valence-electron chi connectivity index (χ1n) is 6.45. The maximum atomic E-state index is 13.2. The van der Waals surface area contributed by atoms with E-state index in [0.717, 1.165) is 0 Å². The molecule has 8 heteroatoms. The van der Waals surface area contributed by atoms with Crippen molar-refractivity contribution >= 4 is 5.91 Å². The summed E-state index contributed by atoms with van der Waals surface area (Å²) in [5.41, 5.74) is -0.996. The number of nitrogens with one attached hydrogen (secondary N) is 1. The van der Waals surface area contributed by atoms with Crippen molar-refractivity contribution in [3.63, 3.8) is 0 Å². The predicted octanol–water partition coefficient (Wildman–Crippen LogP) is 1.82. The van der Waals surface area contributed by atoms with Crippen LogP contribution < -0.4 is 5.43 Å². The Balaban J connectivity index is 2.32. The minimum absolute atomic E-state index is 0.0269. The average molecular weight is 316 g/mol. The molecule has 1 aromatic rings. The summed E-state index contributed by atoms with van der Waals surface area (Å²) >= 11 is 0. The second-order valence-electron chi connectivity index (χ2n) is 4.75. The lowest BCUT2D eigenvalue weighted by atomic mass is 10.1. The van der Waals surface area contributed by atoms with Gasteiger partial charge in [0.1, 0.15) is 0 Å². The quantitative estimate of drug-likeness (QED) is 0.889. The summed E-state index contributed by atoms with van der Waals surface area (Å²) in [6.07, 6.45) is -4.35. The topological polar surface area (TPSA) is 61.8 Å². The van der Waals surface area contributed by atoms with Gasteiger partial charge < -0.3 is 9.84 Å². The molecule has 1 aliphatic heterocycles. The number of hydrazine groups is 1. The Morgan fingerprint density at radius 3 is 2.55 bits per heavy atom. The van der Waals surface area contributed by atoms with Crippen LogP contribution >= 0.6 is 0 Å². The molecule has 1 aliphatic rings. The Morgan fingerprint density at radius 2 is 2.00 bits per heavy atom. The van der Waals surface area contributed by atoms with Crippen molar-refractivity contribution in [3.8, 4) is 0 Å². The molecule has 0 saturated heterocycles. The highest BCUT2D eigenvalue weighted by atomic mass is 19.4. The van der Waals surface area contributed by atoms with E-state index in [2.05, 4.69) is 5.43 Å². The molecule has 1 aromatic carbocycles. The highest BCUT2D eigenvalue weighted by molar-refractivity contribution is 5.94. The van der Waals surface area contributed by atoms with E-state index in [9.17, 15) is 23.1 Å². The van der Waals surface area contributed by atoms with Crippen LogP contribution in [-0.2, 0) is 4.74 Å². The maximum Gasteiger partial charge on any atom is 0.442 e. The smallest absolute Gasteiger partial charge is 0.384 e. The van der Waals surface area contributed by atoms with Gasteiger partial charge in [0.2, 0.25) is 0 Å². The first-order valence-corrected chi connectivity index (χ1v) is 6.45. The number of aliphatic hydroxyl groups is 1. The number of rotatable bonds is 4. The standard InChI is InChI=1S/C14H15F3N2O3/c1-22-8-7-11-9-13(21,14(15,16)17)19(18-11)12(20)10-5-3-2-4-6-10/h2-6,9,18,21H,7-8H2,1H3/t13-/m1/s1. The monoisotopic (exact) mass is 316 g/mol. The first kappa shape index (κ1) is 16.3. The van der Waals surface area contributed by atoms with Gasteiger partial charge in [-0.1, -0.05) is 18.2 Å². The average Bonchev–Trinajstić information content (AvgIpc) is 2.83. The molecular weight excluding hydrogens is 301 g/mol. The predicted molar refractivity (Wildman–Crippen MR) is 71.3 cm³/mol. The zero-order valence-corrected chi connectivity index (χ0v) is 11.7. The van der Waals surface area contributed by atoms with Gasteiger partial charge in [-0.15, -0.1) is 0 Å². The number of nitrogens with zero attached hydrogens (tertiary/aromatic N) is 1. The molecular formula is C14H15F3N2O3. The third-order valence-corrected chi connectivity index (χ3v) is 3.19. The van der Waals surface area contributed by atoms with Crippen LogP contribution in [-0.4, -0.2) is 41.6 Å². The molecule has 0 bridgehead atoms. The molecule has 1 heterocycles. The van der Waals surface area contributed by atoms with E-state index in [1.807, 2.05) is 0 Å². The van der Waals surface area contributed by atoms with Gasteiger partial charge in [-0.05, 0) is 18.2 Å². The lowest BCUT2D eigenvalue weighted by Gasteiger charge is -2.33. The van der Waals surface area contributed by atoms with Crippen molar-refractivity contribution in [2.75, 3.05) is 13.7 Å². The zero-order valence-electron chi connectivity index (χ0n) is 11.7. The highest BCUT2D eigenvalue weighted by Crippen LogP contribution is 2.38. The van der Waals surface area contributed by atoms with Gasteiger partial charge in [0.15, 0.2) is 0 Å². The van der Waals surface area contributed by atoms with E-state index in [0.29, 0.717) is 6.08 Å². The largest absolute Gasteiger partial charge is 0.442 e. The Bertz CT molecular complexity index is 574. The normalized spacial score (nSPS) is 21.5. The van der Waals surface area contributed by atoms with Crippen molar-refractivity contribution in [2.24, 2.45) is 0 Å². The van der Waals surface area contributed by atoms with Crippen LogP contribution in [0.15, 0.2) is 42.1 Å². The molecule has 2 rings (SSSR count). The molecule has 0 aromatic heterocycles. The van der Waals surface area contributed by atoms with Gasteiger partial charge in [-0.3, -0.25) is 10.2 Å². The van der Waals surface area contributed by atoms with E-state index < -0.39 is 17.8 Å². The molecule has 0 unspecified atom stereocenters.